The molecular formula is C15H18BrN3OS. The van der Waals surface area contributed by atoms with Crippen molar-refractivity contribution in [2.75, 3.05) is 18.1 Å². The summed E-state index contributed by atoms with van der Waals surface area (Å²) in [5, 5.41) is 7.65. The summed E-state index contributed by atoms with van der Waals surface area (Å²) in [5.74, 6) is 3.86. The lowest BCUT2D eigenvalue weighted by Crippen LogP contribution is -2.34. The topological polar surface area (TPSA) is 51.0 Å². The maximum absolute atomic E-state index is 5.52. The van der Waals surface area contributed by atoms with Gasteiger partial charge in [-0.25, -0.2) is 0 Å². The van der Waals surface area contributed by atoms with Crippen LogP contribution in [0.1, 0.15) is 24.3 Å². The Morgan fingerprint density at radius 3 is 3.05 bits per heavy atom. The first kappa shape index (κ1) is 15.1. The van der Waals surface area contributed by atoms with Crippen LogP contribution in [0, 0.1) is 6.92 Å². The Morgan fingerprint density at radius 1 is 1.43 bits per heavy atom. The highest BCUT2D eigenvalue weighted by Crippen LogP contribution is 2.33. The van der Waals surface area contributed by atoms with Gasteiger partial charge in [0.05, 0.1) is 5.92 Å². The quantitative estimate of drug-likeness (QED) is 0.894. The Balaban J connectivity index is 1.84. The predicted octanol–water partition coefficient (Wildman–Crippen LogP) is 3.62. The van der Waals surface area contributed by atoms with E-state index in [1.165, 1.54) is 5.56 Å². The van der Waals surface area contributed by atoms with Crippen molar-refractivity contribution in [3.8, 4) is 11.4 Å². The second-order valence-corrected chi connectivity index (χ2v) is 7.16. The number of nitrogens with zero attached hydrogens (tertiary/aromatic N) is 2. The van der Waals surface area contributed by atoms with E-state index in [2.05, 4.69) is 51.3 Å². The first-order valence-electron chi connectivity index (χ1n) is 7.10. The minimum atomic E-state index is 0.310. The van der Waals surface area contributed by atoms with Gasteiger partial charge in [-0.1, -0.05) is 40.1 Å². The van der Waals surface area contributed by atoms with Crippen LogP contribution in [0.2, 0.25) is 0 Å². The van der Waals surface area contributed by atoms with E-state index < -0.39 is 0 Å². The molecule has 0 aliphatic carbocycles. The number of halogens is 1. The summed E-state index contributed by atoms with van der Waals surface area (Å²) in [4.78, 5) is 4.61. The maximum Gasteiger partial charge on any atom is 0.232 e. The molecule has 1 saturated heterocycles. The van der Waals surface area contributed by atoms with Crippen LogP contribution < -0.4 is 5.32 Å². The van der Waals surface area contributed by atoms with Crippen LogP contribution >= 0.6 is 27.7 Å². The second kappa shape index (κ2) is 6.50. The van der Waals surface area contributed by atoms with Crippen molar-refractivity contribution in [1.29, 1.82) is 0 Å². The lowest BCUT2D eigenvalue weighted by Gasteiger charge is -2.15. The average Bonchev–Trinajstić information content (AvgIpc) is 3.10. The average molecular weight is 368 g/mol. The molecule has 0 saturated carbocycles. The number of likely N-dealkylation sites (N-methyl/N-ethyl adjacent to an activating group) is 1. The fourth-order valence-corrected chi connectivity index (χ4v) is 4.24. The van der Waals surface area contributed by atoms with E-state index in [1.54, 1.807) is 0 Å². The summed E-state index contributed by atoms with van der Waals surface area (Å²) < 4.78 is 6.58. The summed E-state index contributed by atoms with van der Waals surface area (Å²) in [6, 6.07) is 6.55. The van der Waals surface area contributed by atoms with Crippen LogP contribution in [0.4, 0.5) is 0 Å². The Hall–Kier alpha value is -0.850. The van der Waals surface area contributed by atoms with Crippen LogP contribution in [0.25, 0.3) is 11.4 Å². The number of hydrogen-bond acceptors (Lipinski definition) is 5. The SMILES string of the molecule is CCNC1CSCC1c1nc(-c2ccc(C)c(Br)c2)no1. The van der Waals surface area contributed by atoms with Gasteiger partial charge in [0.15, 0.2) is 0 Å². The van der Waals surface area contributed by atoms with Gasteiger partial charge in [-0.3, -0.25) is 0 Å². The molecule has 1 aromatic heterocycles. The lowest BCUT2D eigenvalue weighted by molar-refractivity contribution is 0.340. The first-order valence-corrected chi connectivity index (χ1v) is 9.05. The number of hydrogen-bond donors (Lipinski definition) is 1. The van der Waals surface area contributed by atoms with E-state index in [0.29, 0.717) is 17.8 Å². The van der Waals surface area contributed by atoms with Gasteiger partial charge in [0, 0.05) is 27.6 Å². The summed E-state index contributed by atoms with van der Waals surface area (Å²) in [5.41, 5.74) is 2.18. The molecule has 1 aromatic carbocycles. The zero-order valence-electron chi connectivity index (χ0n) is 12.1. The van der Waals surface area contributed by atoms with Crippen LogP contribution in [-0.2, 0) is 0 Å². The number of nitrogens with one attached hydrogen (secondary N) is 1. The van der Waals surface area contributed by atoms with Gasteiger partial charge >= 0.3 is 0 Å². The van der Waals surface area contributed by atoms with E-state index in [1.807, 2.05) is 23.9 Å². The van der Waals surface area contributed by atoms with Crippen LogP contribution in [-0.4, -0.2) is 34.2 Å². The van der Waals surface area contributed by atoms with E-state index in [0.717, 1.165) is 34.0 Å². The monoisotopic (exact) mass is 367 g/mol. The third-order valence-electron chi connectivity index (χ3n) is 3.74. The second-order valence-electron chi connectivity index (χ2n) is 5.23. The highest BCUT2D eigenvalue weighted by atomic mass is 79.9. The van der Waals surface area contributed by atoms with Crippen molar-refractivity contribution in [3.05, 3.63) is 34.1 Å². The van der Waals surface area contributed by atoms with Gasteiger partial charge in [-0.15, -0.1) is 0 Å². The molecule has 3 rings (SSSR count). The van der Waals surface area contributed by atoms with Gasteiger partial charge in [-0.2, -0.15) is 16.7 Å². The minimum absolute atomic E-state index is 0.310. The summed E-state index contributed by atoms with van der Waals surface area (Å²) in [6.07, 6.45) is 0. The third kappa shape index (κ3) is 3.17. The molecule has 1 aliphatic rings. The zero-order valence-corrected chi connectivity index (χ0v) is 14.5. The van der Waals surface area contributed by atoms with Gasteiger partial charge < -0.3 is 9.84 Å². The van der Waals surface area contributed by atoms with Crippen molar-refractivity contribution in [1.82, 2.24) is 15.5 Å². The number of aromatic nitrogens is 2. The molecule has 1 fully saturated rings. The molecule has 0 amide bonds. The zero-order chi connectivity index (χ0) is 14.8. The number of thioether (sulfide) groups is 1. The molecule has 0 bridgehead atoms. The van der Waals surface area contributed by atoms with Gasteiger partial charge in [0.25, 0.3) is 0 Å². The van der Waals surface area contributed by atoms with Gasteiger partial charge in [-0.05, 0) is 25.1 Å². The highest BCUT2D eigenvalue weighted by Gasteiger charge is 2.33. The fourth-order valence-electron chi connectivity index (χ4n) is 2.50. The van der Waals surface area contributed by atoms with Crippen molar-refractivity contribution in [3.63, 3.8) is 0 Å². The first-order chi connectivity index (χ1) is 10.2. The van der Waals surface area contributed by atoms with Gasteiger partial charge in [0.1, 0.15) is 0 Å². The number of benzene rings is 1. The molecule has 6 heteroatoms. The molecular weight excluding hydrogens is 350 g/mol. The lowest BCUT2D eigenvalue weighted by atomic mass is 10.0. The van der Waals surface area contributed by atoms with E-state index in [4.69, 9.17) is 4.52 Å². The van der Waals surface area contributed by atoms with Crippen molar-refractivity contribution in [2.24, 2.45) is 0 Å². The smallest absolute Gasteiger partial charge is 0.232 e. The summed E-state index contributed by atoms with van der Waals surface area (Å²) >= 11 is 5.48. The molecule has 1 N–H and O–H groups in total. The predicted molar refractivity (Wildman–Crippen MR) is 89.7 cm³/mol. The molecule has 21 heavy (non-hydrogen) atoms. The van der Waals surface area contributed by atoms with E-state index in [-0.39, 0.29) is 0 Å². The normalized spacial score (nSPS) is 21.9. The van der Waals surface area contributed by atoms with E-state index >= 15 is 0 Å². The van der Waals surface area contributed by atoms with Crippen LogP contribution in [0.5, 0.6) is 0 Å². The largest absolute Gasteiger partial charge is 0.339 e. The highest BCUT2D eigenvalue weighted by molar-refractivity contribution is 9.10. The van der Waals surface area contributed by atoms with Crippen LogP contribution in [0.3, 0.4) is 0 Å². The molecule has 2 atom stereocenters. The third-order valence-corrected chi connectivity index (χ3v) is 5.78. The molecule has 112 valence electrons. The van der Waals surface area contributed by atoms with Crippen molar-refractivity contribution in [2.45, 2.75) is 25.8 Å². The summed E-state index contributed by atoms with van der Waals surface area (Å²) in [7, 11) is 0. The molecule has 4 nitrogen and oxygen atoms in total. The Kier molecular flexibility index (Phi) is 4.66. The van der Waals surface area contributed by atoms with E-state index in [9.17, 15) is 0 Å². The van der Waals surface area contributed by atoms with Crippen molar-refractivity contribution < 1.29 is 4.52 Å². The molecule has 0 radical (unpaired) electrons. The molecule has 0 spiro atoms. The Morgan fingerprint density at radius 2 is 2.29 bits per heavy atom. The number of rotatable bonds is 4. The Labute approximate surface area is 137 Å². The van der Waals surface area contributed by atoms with Crippen LogP contribution in [0.15, 0.2) is 27.2 Å². The molecule has 1 aliphatic heterocycles. The fraction of sp³-hybridized carbons (Fsp3) is 0.467. The molecule has 2 unspecified atom stereocenters. The van der Waals surface area contributed by atoms with Gasteiger partial charge in [0.2, 0.25) is 11.7 Å². The molecule has 2 aromatic rings. The number of aryl methyl sites for hydroxylation is 1. The standard InChI is InChI=1S/C15H18BrN3OS/c1-3-17-13-8-21-7-11(13)15-18-14(19-20-15)10-5-4-9(2)12(16)6-10/h4-6,11,13,17H,3,7-8H2,1-2H3. The summed E-state index contributed by atoms with van der Waals surface area (Å²) in [6.45, 7) is 5.16. The minimum Gasteiger partial charge on any atom is -0.339 e. The van der Waals surface area contributed by atoms with Crippen molar-refractivity contribution >= 4 is 27.7 Å². The molecule has 2 heterocycles. The maximum atomic E-state index is 5.52. The Bertz CT molecular complexity index is 631.